The molecule has 2 atom stereocenters. The summed E-state index contributed by atoms with van der Waals surface area (Å²) in [5.41, 5.74) is 0.0888. The SMILES string of the molecule is CC(C)(C)N1C[C@@H]2C1CN2CC(F)(F)F. The molecule has 0 amide bonds. The lowest BCUT2D eigenvalue weighted by molar-refractivity contribution is -0.214. The van der Waals surface area contributed by atoms with Crippen LogP contribution in [0.5, 0.6) is 0 Å². The van der Waals surface area contributed by atoms with Gasteiger partial charge in [0.2, 0.25) is 0 Å². The van der Waals surface area contributed by atoms with Crippen LogP contribution < -0.4 is 0 Å². The first-order chi connectivity index (χ1) is 6.68. The first kappa shape index (κ1) is 11.2. The van der Waals surface area contributed by atoms with Crippen LogP contribution in [0.4, 0.5) is 13.2 Å². The quantitative estimate of drug-likeness (QED) is 0.666. The molecular weight excluding hydrogens is 205 g/mol. The molecule has 2 fully saturated rings. The van der Waals surface area contributed by atoms with Crippen LogP contribution in [0.2, 0.25) is 0 Å². The third-order valence-electron chi connectivity index (χ3n) is 3.36. The van der Waals surface area contributed by atoms with E-state index >= 15 is 0 Å². The number of likely N-dealkylation sites (tertiary alicyclic amines) is 2. The summed E-state index contributed by atoms with van der Waals surface area (Å²) in [5.74, 6) is 0. The van der Waals surface area contributed by atoms with E-state index in [0.29, 0.717) is 12.6 Å². The summed E-state index contributed by atoms with van der Waals surface area (Å²) in [6, 6.07) is 0.498. The molecule has 0 saturated carbocycles. The Morgan fingerprint density at radius 2 is 1.67 bits per heavy atom. The molecule has 0 aliphatic carbocycles. The predicted molar refractivity (Wildman–Crippen MR) is 51.7 cm³/mol. The third kappa shape index (κ3) is 1.99. The Morgan fingerprint density at radius 1 is 1.07 bits per heavy atom. The van der Waals surface area contributed by atoms with Crippen molar-refractivity contribution in [2.24, 2.45) is 0 Å². The number of hydrogen-bond acceptors (Lipinski definition) is 2. The molecule has 0 N–H and O–H groups in total. The first-order valence-corrected chi connectivity index (χ1v) is 5.26. The Balaban J connectivity index is 1.83. The number of piperazine rings is 1. The smallest absolute Gasteiger partial charge is 0.291 e. The molecular formula is C10H17F3N2. The van der Waals surface area contributed by atoms with E-state index in [4.69, 9.17) is 0 Å². The molecule has 15 heavy (non-hydrogen) atoms. The van der Waals surface area contributed by atoms with Gasteiger partial charge in [0.1, 0.15) is 0 Å². The molecule has 0 spiro atoms. The van der Waals surface area contributed by atoms with Crippen molar-refractivity contribution >= 4 is 0 Å². The zero-order valence-electron chi connectivity index (χ0n) is 9.30. The highest BCUT2D eigenvalue weighted by atomic mass is 19.4. The van der Waals surface area contributed by atoms with Crippen molar-refractivity contribution in [1.29, 1.82) is 0 Å². The zero-order chi connectivity index (χ0) is 11.4. The Hall–Kier alpha value is -0.290. The molecule has 2 saturated heterocycles. The number of rotatable bonds is 1. The molecule has 1 unspecified atom stereocenters. The molecule has 0 aromatic rings. The van der Waals surface area contributed by atoms with Crippen molar-refractivity contribution in [2.75, 3.05) is 19.6 Å². The number of fused-ring (bicyclic) bond motifs is 1. The highest BCUT2D eigenvalue weighted by molar-refractivity contribution is 5.11. The minimum Gasteiger partial charge on any atom is -0.291 e. The number of nitrogens with zero attached hydrogens (tertiary/aromatic N) is 2. The summed E-state index contributed by atoms with van der Waals surface area (Å²) in [7, 11) is 0. The maximum Gasteiger partial charge on any atom is 0.401 e. The fourth-order valence-electron chi connectivity index (χ4n) is 2.53. The molecule has 0 bridgehead atoms. The summed E-state index contributed by atoms with van der Waals surface area (Å²) in [4.78, 5) is 3.82. The van der Waals surface area contributed by atoms with Crippen molar-refractivity contribution in [3.8, 4) is 0 Å². The molecule has 2 aliphatic heterocycles. The summed E-state index contributed by atoms with van der Waals surface area (Å²) in [5, 5.41) is 0. The fraction of sp³-hybridized carbons (Fsp3) is 1.00. The van der Waals surface area contributed by atoms with E-state index in [0.717, 1.165) is 6.54 Å². The van der Waals surface area contributed by atoms with E-state index in [-0.39, 0.29) is 11.6 Å². The molecule has 2 aliphatic rings. The summed E-state index contributed by atoms with van der Waals surface area (Å²) < 4.78 is 36.4. The van der Waals surface area contributed by atoms with Crippen LogP contribution in [-0.2, 0) is 0 Å². The van der Waals surface area contributed by atoms with Gasteiger partial charge in [0.05, 0.1) is 6.54 Å². The van der Waals surface area contributed by atoms with E-state index in [2.05, 4.69) is 25.7 Å². The molecule has 0 radical (unpaired) electrons. The lowest BCUT2D eigenvalue weighted by atomic mass is 9.81. The highest BCUT2D eigenvalue weighted by Gasteiger charge is 2.56. The fourth-order valence-corrected chi connectivity index (χ4v) is 2.53. The van der Waals surface area contributed by atoms with Crippen molar-refractivity contribution < 1.29 is 13.2 Å². The lowest BCUT2D eigenvalue weighted by Crippen LogP contribution is -2.82. The Bertz CT molecular complexity index is 252. The average Bonchev–Trinajstić information content (AvgIpc) is 1.93. The van der Waals surface area contributed by atoms with E-state index < -0.39 is 12.7 Å². The van der Waals surface area contributed by atoms with E-state index in [1.807, 2.05) is 0 Å². The maximum absolute atomic E-state index is 12.1. The topological polar surface area (TPSA) is 6.48 Å². The zero-order valence-corrected chi connectivity index (χ0v) is 9.30. The van der Waals surface area contributed by atoms with Crippen LogP contribution in [0.15, 0.2) is 0 Å². The van der Waals surface area contributed by atoms with Gasteiger partial charge in [0, 0.05) is 30.7 Å². The first-order valence-electron chi connectivity index (χ1n) is 5.26. The van der Waals surface area contributed by atoms with E-state index in [1.165, 1.54) is 4.90 Å². The van der Waals surface area contributed by atoms with Gasteiger partial charge in [-0.2, -0.15) is 13.2 Å². The second-order valence-corrected chi connectivity index (χ2v) is 5.50. The predicted octanol–water partition coefficient (Wildman–Crippen LogP) is 1.72. The average molecular weight is 222 g/mol. The minimum atomic E-state index is -4.05. The van der Waals surface area contributed by atoms with Crippen LogP contribution in [0, 0.1) is 0 Å². The summed E-state index contributed by atoms with van der Waals surface area (Å²) in [6.45, 7) is 6.93. The van der Waals surface area contributed by atoms with Crippen LogP contribution in [0.1, 0.15) is 20.8 Å². The molecule has 0 aromatic carbocycles. The van der Waals surface area contributed by atoms with Crippen molar-refractivity contribution in [3.63, 3.8) is 0 Å². The lowest BCUT2D eigenvalue weighted by Gasteiger charge is -2.65. The van der Waals surface area contributed by atoms with Gasteiger partial charge >= 0.3 is 6.18 Å². The highest BCUT2D eigenvalue weighted by Crippen LogP contribution is 2.39. The second-order valence-electron chi connectivity index (χ2n) is 5.50. The summed E-state index contributed by atoms with van der Waals surface area (Å²) >= 11 is 0. The van der Waals surface area contributed by atoms with Gasteiger partial charge in [-0.3, -0.25) is 9.80 Å². The Morgan fingerprint density at radius 3 is 2.00 bits per heavy atom. The van der Waals surface area contributed by atoms with Gasteiger partial charge < -0.3 is 0 Å². The van der Waals surface area contributed by atoms with Crippen LogP contribution in [-0.4, -0.2) is 53.2 Å². The van der Waals surface area contributed by atoms with E-state index in [1.54, 1.807) is 0 Å². The van der Waals surface area contributed by atoms with Gasteiger partial charge in [-0.15, -0.1) is 0 Å². The Labute approximate surface area is 88.0 Å². The van der Waals surface area contributed by atoms with Crippen molar-refractivity contribution in [1.82, 2.24) is 9.80 Å². The third-order valence-corrected chi connectivity index (χ3v) is 3.36. The molecule has 2 heterocycles. The molecule has 0 aromatic heterocycles. The number of alkyl halides is 3. The van der Waals surface area contributed by atoms with Gasteiger partial charge in [0.25, 0.3) is 0 Å². The van der Waals surface area contributed by atoms with Crippen LogP contribution in [0.25, 0.3) is 0 Å². The van der Waals surface area contributed by atoms with Gasteiger partial charge in [-0.25, -0.2) is 0 Å². The van der Waals surface area contributed by atoms with Crippen LogP contribution in [0.3, 0.4) is 0 Å². The molecule has 5 heteroatoms. The maximum atomic E-state index is 12.1. The van der Waals surface area contributed by atoms with Gasteiger partial charge in [-0.1, -0.05) is 0 Å². The standard InChI is InChI=1S/C10H17F3N2/c1-9(2,3)15-5-7-8(15)4-14(7)6-10(11,12)13/h7-8H,4-6H2,1-3H3/t7-,8?/m1/s1. The minimum absolute atomic E-state index is 0.0888. The van der Waals surface area contributed by atoms with Crippen molar-refractivity contribution in [2.45, 2.75) is 44.6 Å². The van der Waals surface area contributed by atoms with E-state index in [9.17, 15) is 13.2 Å². The Kier molecular flexibility index (Phi) is 2.32. The second kappa shape index (κ2) is 3.10. The number of hydrogen-bond donors (Lipinski definition) is 0. The van der Waals surface area contributed by atoms with Gasteiger partial charge in [0.15, 0.2) is 0 Å². The normalized spacial score (nSPS) is 33.2. The van der Waals surface area contributed by atoms with Gasteiger partial charge in [-0.05, 0) is 20.8 Å². The molecule has 2 rings (SSSR count). The monoisotopic (exact) mass is 222 g/mol. The number of halogens is 3. The van der Waals surface area contributed by atoms with Crippen molar-refractivity contribution in [3.05, 3.63) is 0 Å². The summed E-state index contributed by atoms with van der Waals surface area (Å²) in [6.07, 6.45) is -4.05. The molecule has 88 valence electrons. The largest absolute Gasteiger partial charge is 0.401 e. The molecule has 2 nitrogen and oxygen atoms in total. The van der Waals surface area contributed by atoms with Crippen LogP contribution >= 0.6 is 0 Å².